The van der Waals surface area contributed by atoms with Crippen molar-refractivity contribution < 1.29 is 4.79 Å². The van der Waals surface area contributed by atoms with Crippen LogP contribution in [0.25, 0.3) is 0 Å². The molecule has 116 valence electrons. The Kier molecular flexibility index (Phi) is 6.74. The number of carbonyl (C=O) groups excluding carboxylic acids is 1. The molecule has 1 amide bonds. The van der Waals surface area contributed by atoms with Crippen LogP contribution in [0.3, 0.4) is 0 Å². The number of thiophene rings is 1. The van der Waals surface area contributed by atoms with Crippen molar-refractivity contribution in [2.24, 2.45) is 0 Å². The molecule has 1 aliphatic rings. The maximum atomic E-state index is 11.8. The lowest BCUT2D eigenvalue weighted by Gasteiger charge is -2.21. The highest BCUT2D eigenvalue weighted by atomic mass is 35.5. The fourth-order valence-corrected chi connectivity index (χ4v) is 3.51. The van der Waals surface area contributed by atoms with E-state index in [-0.39, 0.29) is 5.91 Å². The molecule has 1 N–H and O–H groups in total. The number of amides is 1. The van der Waals surface area contributed by atoms with Crippen molar-refractivity contribution in [3.8, 4) is 0 Å². The van der Waals surface area contributed by atoms with Gasteiger partial charge in [-0.05, 0) is 44.9 Å². The zero-order valence-electron chi connectivity index (χ0n) is 12.5. The molecule has 2 heterocycles. The number of halogens is 1. The van der Waals surface area contributed by atoms with Crippen LogP contribution < -0.4 is 5.32 Å². The average Bonchev–Trinajstić information content (AvgIpc) is 2.87. The van der Waals surface area contributed by atoms with E-state index < -0.39 is 0 Å². The average molecular weight is 327 g/mol. The Morgan fingerprint density at radius 2 is 2.29 bits per heavy atom. The summed E-state index contributed by atoms with van der Waals surface area (Å²) in [6.07, 6.45) is 6.92. The minimum Gasteiger partial charge on any atom is -0.356 e. The van der Waals surface area contributed by atoms with Crippen molar-refractivity contribution in [2.75, 3.05) is 26.7 Å². The fourth-order valence-electron chi connectivity index (χ4n) is 2.38. The molecular weight excluding hydrogens is 304 g/mol. The fraction of sp³-hybridized carbons (Fsp3) is 0.562. The van der Waals surface area contributed by atoms with Gasteiger partial charge in [-0.3, -0.25) is 4.79 Å². The molecule has 1 aromatic heterocycles. The molecule has 2 rings (SSSR count). The smallest absolute Gasteiger partial charge is 0.224 e. The Morgan fingerprint density at radius 3 is 2.95 bits per heavy atom. The Balaban J connectivity index is 1.55. The highest BCUT2D eigenvalue weighted by molar-refractivity contribution is 7.16. The van der Waals surface area contributed by atoms with Crippen molar-refractivity contribution >= 4 is 28.8 Å². The normalized spacial score (nSPS) is 15.8. The van der Waals surface area contributed by atoms with Gasteiger partial charge in [0.1, 0.15) is 0 Å². The predicted octanol–water partition coefficient (Wildman–Crippen LogP) is 3.49. The van der Waals surface area contributed by atoms with Gasteiger partial charge in [0.25, 0.3) is 0 Å². The summed E-state index contributed by atoms with van der Waals surface area (Å²) in [5.41, 5.74) is 1.28. The van der Waals surface area contributed by atoms with Gasteiger partial charge < -0.3 is 10.2 Å². The van der Waals surface area contributed by atoms with Crippen molar-refractivity contribution in [2.45, 2.75) is 32.1 Å². The molecule has 5 heteroatoms. The van der Waals surface area contributed by atoms with E-state index in [1.807, 2.05) is 6.07 Å². The van der Waals surface area contributed by atoms with E-state index in [2.05, 4.69) is 29.4 Å². The lowest BCUT2D eigenvalue weighted by molar-refractivity contribution is -0.120. The number of nitrogens with one attached hydrogen (secondary N) is 1. The monoisotopic (exact) mass is 326 g/mol. The van der Waals surface area contributed by atoms with Crippen LogP contribution in [-0.4, -0.2) is 37.5 Å². The second-order valence-corrected chi connectivity index (χ2v) is 7.36. The summed E-state index contributed by atoms with van der Waals surface area (Å²) in [4.78, 5) is 15.4. The molecule has 0 unspecified atom stereocenters. The van der Waals surface area contributed by atoms with Crippen LogP contribution in [-0.2, 0) is 11.2 Å². The van der Waals surface area contributed by atoms with E-state index in [1.54, 1.807) is 11.3 Å². The van der Waals surface area contributed by atoms with Crippen LogP contribution in [0.2, 0.25) is 4.34 Å². The molecule has 1 aromatic rings. The Labute approximate surface area is 136 Å². The second kappa shape index (κ2) is 8.57. The molecule has 0 fully saturated rings. The number of rotatable bonds is 7. The summed E-state index contributed by atoms with van der Waals surface area (Å²) in [6.45, 7) is 2.79. The number of aryl methyl sites for hydroxylation is 1. The van der Waals surface area contributed by atoms with E-state index in [1.165, 1.54) is 10.5 Å². The topological polar surface area (TPSA) is 32.3 Å². The molecule has 21 heavy (non-hydrogen) atoms. The molecular formula is C16H23ClN2OS. The lowest BCUT2D eigenvalue weighted by atomic mass is 10.0. The molecule has 0 saturated heterocycles. The third kappa shape index (κ3) is 6.20. The molecule has 1 aliphatic heterocycles. The van der Waals surface area contributed by atoms with Crippen LogP contribution >= 0.6 is 22.9 Å². The van der Waals surface area contributed by atoms with Gasteiger partial charge in [0.15, 0.2) is 0 Å². The third-order valence-electron chi connectivity index (χ3n) is 3.69. The number of likely N-dealkylation sites (N-methyl/N-ethyl adjacent to an activating group) is 1. The first kappa shape index (κ1) is 16.5. The van der Waals surface area contributed by atoms with Crippen LogP contribution in [0.1, 0.15) is 30.6 Å². The quantitative estimate of drug-likeness (QED) is 0.614. The van der Waals surface area contributed by atoms with Gasteiger partial charge in [-0.15, -0.1) is 11.3 Å². The van der Waals surface area contributed by atoms with Crippen LogP contribution in [0, 0.1) is 0 Å². The number of carbonyl (C=O) groups is 1. The van der Waals surface area contributed by atoms with Gasteiger partial charge in [0.05, 0.1) is 4.34 Å². The number of unbranched alkanes of at least 4 members (excludes halogenated alkanes) is 1. The summed E-state index contributed by atoms with van der Waals surface area (Å²) in [6, 6.07) is 4.02. The summed E-state index contributed by atoms with van der Waals surface area (Å²) in [7, 11) is 2.11. The Hall–Kier alpha value is -0.840. The van der Waals surface area contributed by atoms with E-state index in [0.717, 1.165) is 49.7 Å². The molecule has 0 spiro atoms. The van der Waals surface area contributed by atoms with Crippen LogP contribution in [0.4, 0.5) is 0 Å². The molecule has 0 aromatic carbocycles. The number of nitrogens with zero attached hydrogens (tertiary/aromatic N) is 1. The highest BCUT2D eigenvalue weighted by Crippen LogP contribution is 2.22. The van der Waals surface area contributed by atoms with E-state index in [0.29, 0.717) is 6.42 Å². The van der Waals surface area contributed by atoms with Gasteiger partial charge in [-0.2, -0.15) is 0 Å². The van der Waals surface area contributed by atoms with Gasteiger partial charge in [0.2, 0.25) is 5.91 Å². The minimum atomic E-state index is 0.157. The van der Waals surface area contributed by atoms with Crippen molar-refractivity contribution in [3.05, 3.63) is 33.0 Å². The second-order valence-electron chi connectivity index (χ2n) is 5.56. The molecule has 0 bridgehead atoms. The van der Waals surface area contributed by atoms with Crippen LogP contribution in [0.5, 0.6) is 0 Å². The summed E-state index contributed by atoms with van der Waals surface area (Å²) < 4.78 is 0.852. The Bertz CT molecular complexity index is 498. The molecule has 0 atom stereocenters. The summed E-state index contributed by atoms with van der Waals surface area (Å²) in [5.74, 6) is 0.157. The van der Waals surface area contributed by atoms with E-state index in [4.69, 9.17) is 11.6 Å². The molecule has 0 saturated carbocycles. The zero-order chi connectivity index (χ0) is 15.1. The van der Waals surface area contributed by atoms with Gasteiger partial charge in [-0.1, -0.05) is 23.3 Å². The van der Waals surface area contributed by atoms with Crippen molar-refractivity contribution in [3.63, 3.8) is 0 Å². The first-order valence-corrected chi connectivity index (χ1v) is 8.70. The zero-order valence-corrected chi connectivity index (χ0v) is 14.1. The maximum absolute atomic E-state index is 11.8. The van der Waals surface area contributed by atoms with Gasteiger partial charge >= 0.3 is 0 Å². The molecule has 0 aliphatic carbocycles. The lowest BCUT2D eigenvalue weighted by Crippen LogP contribution is -2.28. The number of hydrogen-bond donors (Lipinski definition) is 1. The van der Waals surface area contributed by atoms with E-state index in [9.17, 15) is 4.79 Å². The van der Waals surface area contributed by atoms with Crippen molar-refractivity contribution in [1.82, 2.24) is 10.2 Å². The summed E-state index contributed by atoms with van der Waals surface area (Å²) in [5, 5.41) is 3.02. The highest BCUT2D eigenvalue weighted by Gasteiger charge is 2.11. The first-order chi connectivity index (χ1) is 10.1. The molecule has 0 radical (unpaired) electrons. The predicted molar refractivity (Wildman–Crippen MR) is 90.1 cm³/mol. The molecule has 3 nitrogen and oxygen atoms in total. The van der Waals surface area contributed by atoms with Gasteiger partial charge in [-0.25, -0.2) is 0 Å². The van der Waals surface area contributed by atoms with Crippen LogP contribution in [0.15, 0.2) is 23.8 Å². The SMILES string of the molecule is CN1CC=C(CC(=O)NCCCCc2ccc(Cl)s2)CC1. The number of hydrogen-bond acceptors (Lipinski definition) is 3. The largest absolute Gasteiger partial charge is 0.356 e. The standard InChI is InChI=1S/C16H23ClN2OS/c1-19-10-7-13(8-11-19)12-16(20)18-9-3-2-4-14-5-6-15(17)21-14/h5-7H,2-4,8-12H2,1H3,(H,18,20). The Morgan fingerprint density at radius 1 is 1.43 bits per heavy atom. The first-order valence-electron chi connectivity index (χ1n) is 7.51. The summed E-state index contributed by atoms with van der Waals surface area (Å²) >= 11 is 7.54. The van der Waals surface area contributed by atoms with E-state index >= 15 is 0 Å². The van der Waals surface area contributed by atoms with Crippen molar-refractivity contribution in [1.29, 1.82) is 0 Å². The third-order valence-corrected chi connectivity index (χ3v) is 4.99. The minimum absolute atomic E-state index is 0.157. The van der Waals surface area contributed by atoms with Gasteiger partial charge in [0, 0.05) is 30.9 Å². The maximum Gasteiger partial charge on any atom is 0.224 e.